The molecule has 1 amide bonds. The Balaban J connectivity index is 1.49. The highest BCUT2D eigenvalue weighted by atomic mass is 32.2. The highest BCUT2D eigenvalue weighted by Gasteiger charge is 2.16. The average molecular weight is 359 g/mol. The number of carbonyl (C=O) groups is 1. The molecule has 1 N–H and O–H groups in total. The summed E-state index contributed by atoms with van der Waals surface area (Å²) in [6.07, 6.45) is 6.56. The van der Waals surface area contributed by atoms with Crippen molar-refractivity contribution in [2.75, 3.05) is 5.75 Å². The van der Waals surface area contributed by atoms with Gasteiger partial charge in [-0.15, -0.1) is 10.2 Å². The van der Waals surface area contributed by atoms with Gasteiger partial charge in [-0.1, -0.05) is 61.4 Å². The van der Waals surface area contributed by atoms with Gasteiger partial charge in [0.05, 0.1) is 6.54 Å². The molecule has 1 aromatic heterocycles. The van der Waals surface area contributed by atoms with Crippen LogP contribution in [0.1, 0.15) is 49.9 Å². The number of hydrogen-bond donors (Lipinski definition) is 1. The van der Waals surface area contributed by atoms with Crippen LogP contribution in [0.25, 0.3) is 0 Å². The Morgan fingerprint density at radius 3 is 2.72 bits per heavy atom. The van der Waals surface area contributed by atoms with Crippen LogP contribution in [0.2, 0.25) is 0 Å². The van der Waals surface area contributed by atoms with Gasteiger partial charge in [-0.25, -0.2) is 0 Å². The second-order valence-electron chi connectivity index (χ2n) is 6.60. The molecule has 0 spiro atoms. The van der Waals surface area contributed by atoms with E-state index in [0.717, 1.165) is 36.1 Å². The van der Waals surface area contributed by atoms with Crippen LogP contribution in [0.5, 0.6) is 0 Å². The number of nitrogens with one attached hydrogen (secondary N) is 1. The summed E-state index contributed by atoms with van der Waals surface area (Å²) in [4.78, 5) is 12.1. The molecule has 2 aromatic rings. The maximum absolute atomic E-state index is 12.1. The van der Waals surface area contributed by atoms with Gasteiger partial charge in [0.2, 0.25) is 5.91 Å². The van der Waals surface area contributed by atoms with Gasteiger partial charge in [-0.3, -0.25) is 4.79 Å². The molecule has 0 aliphatic heterocycles. The van der Waals surface area contributed by atoms with Gasteiger partial charge >= 0.3 is 0 Å². The van der Waals surface area contributed by atoms with Crippen molar-refractivity contribution in [1.29, 1.82) is 0 Å². The Kier molecular flexibility index (Phi) is 6.50. The molecule has 0 radical (unpaired) electrons. The molecule has 1 aliphatic carbocycles. The lowest BCUT2D eigenvalue weighted by Gasteiger charge is -2.22. The van der Waals surface area contributed by atoms with E-state index in [1.807, 2.05) is 25.1 Å². The van der Waals surface area contributed by atoms with Gasteiger partial charge in [0, 0.05) is 18.2 Å². The van der Waals surface area contributed by atoms with Crippen LogP contribution in [-0.2, 0) is 11.3 Å². The first-order chi connectivity index (χ1) is 12.2. The molecule has 3 rings (SSSR count). The zero-order valence-corrected chi connectivity index (χ0v) is 15.6. The van der Waals surface area contributed by atoms with Crippen molar-refractivity contribution < 1.29 is 4.79 Å². The van der Waals surface area contributed by atoms with Crippen LogP contribution in [0.3, 0.4) is 0 Å². The number of carbonyl (C=O) groups excluding carboxylic acids is 1. The number of aromatic nitrogens is 3. The van der Waals surface area contributed by atoms with Gasteiger partial charge in [0.1, 0.15) is 5.82 Å². The fourth-order valence-electron chi connectivity index (χ4n) is 3.20. The van der Waals surface area contributed by atoms with E-state index in [0.29, 0.717) is 12.5 Å². The van der Waals surface area contributed by atoms with E-state index < -0.39 is 0 Å². The van der Waals surface area contributed by atoms with Gasteiger partial charge in [0.25, 0.3) is 0 Å². The Morgan fingerprint density at radius 2 is 1.96 bits per heavy atom. The van der Waals surface area contributed by atoms with E-state index in [4.69, 9.17) is 0 Å². The van der Waals surface area contributed by atoms with Crippen LogP contribution >= 0.6 is 11.8 Å². The van der Waals surface area contributed by atoms with Crippen molar-refractivity contribution in [2.45, 2.75) is 63.2 Å². The molecule has 134 valence electrons. The molecule has 0 bridgehead atoms. The van der Waals surface area contributed by atoms with Crippen molar-refractivity contribution in [1.82, 2.24) is 20.1 Å². The standard InChI is InChI=1S/C19H26N4OS/c1-15-21-22-19(23(15)14-16-8-4-2-5-9-16)25-13-12-18(24)20-17-10-6-3-7-11-17/h2,4-5,8-9,17H,3,6-7,10-14H2,1H3,(H,20,24). The number of benzene rings is 1. The molecule has 1 aromatic carbocycles. The van der Waals surface area contributed by atoms with E-state index in [9.17, 15) is 4.79 Å². The normalized spacial score (nSPS) is 15.2. The number of thioether (sulfide) groups is 1. The predicted octanol–water partition coefficient (Wildman–Crippen LogP) is 3.57. The van der Waals surface area contributed by atoms with Crippen LogP contribution < -0.4 is 5.32 Å². The summed E-state index contributed by atoms with van der Waals surface area (Å²) >= 11 is 1.61. The maximum Gasteiger partial charge on any atom is 0.221 e. The summed E-state index contributed by atoms with van der Waals surface area (Å²) in [7, 11) is 0. The first-order valence-electron chi connectivity index (χ1n) is 9.08. The third-order valence-corrected chi connectivity index (χ3v) is 5.58. The van der Waals surface area contributed by atoms with Gasteiger partial charge < -0.3 is 9.88 Å². The van der Waals surface area contributed by atoms with Crippen molar-refractivity contribution >= 4 is 17.7 Å². The number of nitrogens with zero attached hydrogens (tertiary/aromatic N) is 3. The first-order valence-corrected chi connectivity index (χ1v) is 10.1. The van der Waals surface area contributed by atoms with E-state index in [-0.39, 0.29) is 5.91 Å². The molecule has 1 heterocycles. The van der Waals surface area contributed by atoms with Crippen LogP contribution in [0, 0.1) is 6.92 Å². The Hall–Kier alpha value is -1.82. The number of amides is 1. The molecular weight excluding hydrogens is 332 g/mol. The lowest BCUT2D eigenvalue weighted by atomic mass is 9.95. The van der Waals surface area contributed by atoms with E-state index in [1.54, 1.807) is 11.8 Å². The maximum atomic E-state index is 12.1. The summed E-state index contributed by atoms with van der Waals surface area (Å²) < 4.78 is 2.11. The Labute approximate surface area is 153 Å². The zero-order chi connectivity index (χ0) is 17.5. The molecule has 5 nitrogen and oxygen atoms in total. The summed E-state index contributed by atoms with van der Waals surface area (Å²) in [6.45, 7) is 2.73. The molecule has 25 heavy (non-hydrogen) atoms. The first kappa shape index (κ1) is 18.0. The highest BCUT2D eigenvalue weighted by molar-refractivity contribution is 7.99. The number of aryl methyl sites for hydroxylation is 1. The lowest BCUT2D eigenvalue weighted by molar-refractivity contribution is -0.121. The van der Waals surface area contributed by atoms with Crippen LogP contribution in [-0.4, -0.2) is 32.5 Å². The summed E-state index contributed by atoms with van der Waals surface area (Å²) in [5.74, 6) is 1.79. The second kappa shape index (κ2) is 9.04. The monoisotopic (exact) mass is 358 g/mol. The third kappa shape index (κ3) is 5.33. The van der Waals surface area contributed by atoms with Gasteiger partial charge in [0.15, 0.2) is 5.16 Å². The minimum atomic E-state index is 0.158. The van der Waals surface area contributed by atoms with Crippen LogP contribution in [0.15, 0.2) is 35.5 Å². The molecule has 1 fully saturated rings. The summed E-state index contributed by atoms with van der Waals surface area (Å²) in [5, 5.41) is 12.5. The SMILES string of the molecule is Cc1nnc(SCCC(=O)NC2CCCCC2)n1Cc1ccccc1. The number of hydrogen-bond acceptors (Lipinski definition) is 4. The Morgan fingerprint density at radius 1 is 1.20 bits per heavy atom. The van der Waals surface area contributed by atoms with Crippen molar-refractivity contribution in [3.8, 4) is 0 Å². The quantitative estimate of drug-likeness (QED) is 0.769. The molecular formula is C19H26N4OS. The summed E-state index contributed by atoms with van der Waals surface area (Å²) in [5.41, 5.74) is 1.22. The van der Waals surface area contributed by atoms with Crippen molar-refractivity contribution in [3.05, 3.63) is 41.7 Å². The smallest absolute Gasteiger partial charge is 0.221 e. The summed E-state index contributed by atoms with van der Waals surface area (Å²) in [6, 6.07) is 10.7. The second-order valence-corrected chi connectivity index (χ2v) is 7.66. The van der Waals surface area contributed by atoms with Crippen molar-refractivity contribution in [3.63, 3.8) is 0 Å². The molecule has 0 atom stereocenters. The lowest BCUT2D eigenvalue weighted by Crippen LogP contribution is -2.36. The zero-order valence-electron chi connectivity index (χ0n) is 14.8. The minimum absolute atomic E-state index is 0.158. The van der Waals surface area contributed by atoms with Crippen molar-refractivity contribution in [2.24, 2.45) is 0 Å². The van der Waals surface area contributed by atoms with Crippen LogP contribution in [0.4, 0.5) is 0 Å². The van der Waals surface area contributed by atoms with E-state index in [2.05, 4.69) is 32.2 Å². The topological polar surface area (TPSA) is 59.8 Å². The molecule has 6 heteroatoms. The molecule has 1 aliphatic rings. The molecule has 1 saturated carbocycles. The Bertz CT molecular complexity index is 680. The minimum Gasteiger partial charge on any atom is -0.353 e. The highest BCUT2D eigenvalue weighted by Crippen LogP contribution is 2.20. The van der Waals surface area contributed by atoms with E-state index >= 15 is 0 Å². The van der Waals surface area contributed by atoms with Gasteiger partial charge in [-0.2, -0.15) is 0 Å². The largest absolute Gasteiger partial charge is 0.353 e. The predicted molar refractivity (Wildman–Crippen MR) is 101 cm³/mol. The molecule has 0 saturated heterocycles. The fourth-order valence-corrected chi connectivity index (χ4v) is 4.12. The number of rotatable bonds is 7. The van der Waals surface area contributed by atoms with Gasteiger partial charge in [-0.05, 0) is 25.3 Å². The third-order valence-electron chi connectivity index (χ3n) is 4.62. The molecule has 0 unspecified atom stereocenters. The van der Waals surface area contributed by atoms with E-state index in [1.165, 1.54) is 24.8 Å². The fraction of sp³-hybridized carbons (Fsp3) is 0.526. The average Bonchev–Trinajstić information content (AvgIpc) is 2.97.